The predicted octanol–water partition coefficient (Wildman–Crippen LogP) is 2.35. The second-order valence-corrected chi connectivity index (χ2v) is 4.72. The molecule has 0 spiro atoms. The van der Waals surface area contributed by atoms with Gasteiger partial charge in [-0.15, -0.1) is 0 Å². The molecule has 1 rings (SSSR count). The highest BCUT2D eigenvalue weighted by atomic mass is 16.5. The number of carbonyl (C=O) groups is 1. The molecule has 0 saturated heterocycles. The Balaban J connectivity index is 2.16. The minimum Gasteiger partial charge on any atom is -0.466 e. The molecule has 94 valence electrons. The van der Waals surface area contributed by atoms with Crippen molar-refractivity contribution < 1.29 is 9.53 Å². The number of carbonyl (C=O) groups excluding carboxylic acids is 1. The van der Waals surface area contributed by atoms with Gasteiger partial charge in [0.1, 0.15) is 0 Å². The fourth-order valence-electron chi connectivity index (χ4n) is 2.70. The average molecular weight is 227 g/mol. The van der Waals surface area contributed by atoms with Gasteiger partial charge in [0, 0.05) is 12.6 Å². The summed E-state index contributed by atoms with van der Waals surface area (Å²) in [5.74, 6) is 1.51. The van der Waals surface area contributed by atoms with Gasteiger partial charge in [0.25, 0.3) is 0 Å². The van der Waals surface area contributed by atoms with Crippen LogP contribution in [0.25, 0.3) is 0 Å². The Kier molecular flexibility index (Phi) is 5.81. The molecule has 0 bridgehead atoms. The molecule has 0 aromatic rings. The van der Waals surface area contributed by atoms with Gasteiger partial charge in [-0.1, -0.05) is 20.3 Å². The van der Waals surface area contributed by atoms with Crippen LogP contribution in [-0.4, -0.2) is 25.2 Å². The van der Waals surface area contributed by atoms with E-state index >= 15 is 0 Å². The molecule has 0 aliphatic heterocycles. The van der Waals surface area contributed by atoms with Crippen LogP contribution in [0.3, 0.4) is 0 Å². The smallest absolute Gasteiger partial charge is 0.307 e. The highest BCUT2D eigenvalue weighted by Gasteiger charge is 2.30. The van der Waals surface area contributed by atoms with E-state index in [4.69, 9.17) is 4.74 Å². The van der Waals surface area contributed by atoms with E-state index in [9.17, 15) is 4.79 Å². The van der Waals surface area contributed by atoms with E-state index in [0.717, 1.165) is 18.4 Å². The van der Waals surface area contributed by atoms with Crippen molar-refractivity contribution in [2.75, 3.05) is 13.2 Å². The van der Waals surface area contributed by atoms with Crippen LogP contribution in [0.2, 0.25) is 0 Å². The van der Waals surface area contributed by atoms with Gasteiger partial charge in [-0.05, 0) is 31.6 Å². The van der Waals surface area contributed by atoms with Crippen molar-refractivity contribution in [3.05, 3.63) is 0 Å². The van der Waals surface area contributed by atoms with Crippen LogP contribution in [-0.2, 0) is 9.53 Å². The van der Waals surface area contributed by atoms with Crippen molar-refractivity contribution in [1.29, 1.82) is 0 Å². The number of hydrogen-bond donors (Lipinski definition) is 1. The van der Waals surface area contributed by atoms with Crippen molar-refractivity contribution in [1.82, 2.24) is 5.32 Å². The minimum absolute atomic E-state index is 0.0901. The maximum atomic E-state index is 11.2. The molecule has 3 atom stereocenters. The summed E-state index contributed by atoms with van der Waals surface area (Å²) in [7, 11) is 0. The number of hydrogen-bond acceptors (Lipinski definition) is 3. The second kappa shape index (κ2) is 6.89. The third kappa shape index (κ3) is 3.78. The predicted molar refractivity (Wildman–Crippen MR) is 65.2 cm³/mol. The summed E-state index contributed by atoms with van der Waals surface area (Å²) in [4.78, 5) is 11.2. The summed E-state index contributed by atoms with van der Waals surface area (Å²) >= 11 is 0. The third-order valence-corrected chi connectivity index (χ3v) is 3.79. The summed E-state index contributed by atoms with van der Waals surface area (Å²) in [6, 6.07) is 0.597. The van der Waals surface area contributed by atoms with Crippen molar-refractivity contribution in [3.8, 4) is 0 Å². The molecule has 1 fully saturated rings. The number of esters is 1. The van der Waals surface area contributed by atoms with E-state index in [-0.39, 0.29) is 5.97 Å². The molecule has 3 heteroatoms. The summed E-state index contributed by atoms with van der Waals surface area (Å²) in [5, 5.41) is 3.48. The van der Waals surface area contributed by atoms with Crippen LogP contribution >= 0.6 is 0 Å². The first-order chi connectivity index (χ1) is 7.69. The Morgan fingerprint density at radius 1 is 1.38 bits per heavy atom. The summed E-state index contributed by atoms with van der Waals surface area (Å²) in [6.45, 7) is 7.67. The van der Waals surface area contributed by atoms with Gasteiger partial charge in [-0.3, -0.25) is 4.79 Å². The summed E-state index contributed by atoms with van der Waals surface area (Å²) in [5.41, 5.74) is 0. The molecule has 1 saturated carbocycles. The maximum Gasteiger partial charge on any atom is 0.307 e. The normalized spacial score (nSPS) is 29.3. The molecule has 0 heterocycles. The van der Waals surface area contributed by atoms with E-state index in [1.165, 1.54) is 19.3 Å². The first kappa shape index (κ1) is 13.5. The molecule has 3 unspecified atom stereocenters. The first-order valence-corrected chi connectivity index (χ1v) is 6.58. The van der Waals surface area contributed by atoms with E-state index in [1.807, 2.05) is 6.92 Å². The minimum atomic E-state index is -0.0901. The highest BCUT2D eigenvalue weighted by molar-refractivity contribution is 5.69. The lowest BCUT2D eigenvalue weighted by Crippen LogP contribution is -2.34. The van der Waals surface area contributed by atoms with Crippen LogP contribution in [0.1, 0.15) is 46.5 Å². The van der Waals surface area contributed by atoms with Crippen molar-refractivity contribution in [2.24, 2.45) is 11.8 Å². The zero-order valence-corrected chi connectivity index (χ0v) is 10.8. The van der Waals surface area contributed by atoms with Gasteiger partial charge in [0.2, 0.25) is 0 Å². The Morgan fingerprint density at radius 2 is 2.12 bits per heavy atom. The molecular formula is C13H25NO2. The van der Waals surface area contributed by atoms with Gasteiger partial charge >= 0.3 is 5.97 Å². The Hall–Kier alpha value is -0.570. The molecule has 0 radical (unpaired) electrons. The number of nitrogens with one attached hydrogen (secondary N) is 1. The average Bonchev–Trinajstić information content (AvgIpc) is 2.60. The molecule has 1 aliphatic carbocycles. The highest BCUT2D eigenvalue weighted by Crippen LogP contribution is 2.33. The van der Waals surface area contributed by atoms with E-state index < -0.39 is 0 Å². The van der Waals surface area contributed by atoms with Gasteiger partial charge in [-0.2, -0.15) is 0 Å². The van der Waals surface area contributed by atoms with Crippen molar-refractivity contribution in [3.63, 3.8) is 0 Å². The van der Waals surface area contributed by atoms with Crippen LogP contribution in [0.4, 0.5) is 0 Å². The Morgan fingerprint density at radius 3 is 2.69 bits per heavy atom. The quantitative estimate of drug-likeness (QED) is 0.708. The van der Waals surface area contributed by atoms with Crippen LogP contribution in [0, 0.1) is 11.8 Å². The van der Waals surface area contributed by atoms with Gasteiger partial charge < -0.3 is 10.1 Å². The van der Waals surface area contributed by atoms with E-state index in [1.54, 1.807) is 0 Å². The standard InChI is InChI=1S/C13H25NO2/c1-4-11-6-7-12(10(11)3)14-9-8-13(15)16-5-2/h10-12,14H,4-9H2,1-3H3. The Bertz CT molecular complexity index is 218. The Labute approximate surface area is 98.9 Å². The van der Waals surface area contributed by atoms with Gasteiger partial charge in [0.05, 0.1) is 13.0 Å². The monoisotopic (exact) mass is 227 g/mol. The lowest BCUT2D eigenvalue weighted by Gasteiger charge is -2.20. The van der Waals surface area contributed by atoms with Crippen molar-refractivity contribution in [2.45, 2.75) is 52.5 Å². The van der Waals surface area contributed by atoms with Gasteiger partial charge in [-0.25, -0.2) is 0 Å². The van der Waals surface area contributed by atoms with E-state index in [0.29, 0.717) is 19.1 Å². The molecule has 16 heavy (non-hydrogen) atoms. The molecule has 0 amide bonds. The molecule has 1 aliphatic rings. The van der Waals surface area contributed by atoms with Crippen molar-refractivity contribution >= 4 is 5.97 Å². The van der Waals surface area contributed by atoms with E-state index in [2.05, 4.69) is 19.2 Å². The fraction of sp³-hybridized carbons (Fsp3) is 0.923. The summed E-state index contributed by atoms with van der Waals surface area (Å²) < 4.78 is 4.90. The number of ether oxygens (including phenoxy) is 1. The lowest BCUT2D eigenvalue weighted by atomic mass is 9.93. The van der Waals surface area contributed by atoms with Crippen LogP contribution in [0.15, 0.2) is 0 Å². The second-order valence-electron chi connectivity index (χ2n) is 4.72. The summed E-state index contributed by atoms with van der Waals surface area (Å²) in [6.07, 6.45) is 4.35. The molecule has 0 aromatic heterocycles. The fourth-order valence-corrected chi connectivity index (χ4v) is 2.70. The zero-order valence-electron chi connectivity index (χ0n) is 10.8. The van der Waals surface area contributed by atoms with Crippen LogP contribution < -0.4 is 5.32 Å². The molecular weight excluding hydrogens is 202 g/mol. The SMILES string of the molecule is CCOC(=O)CCNC1CCC(CC)C1C. The maximum absolute atomic E-state index is 11.2. The molecule has 3 nitrogen and oxygen atoms in total. The van der Waals surface area contributed by atoms with Gasteiger partial charge in [0.15, 0.2) is 0 Å². The number of rotatable bonds is 6. The lowest BCUT2D eigenvalue weighted by molar-refractivity contribution is -0.143. The zero-order chi connectivity index (χ0) is 12.0. The largest absolute Gasteiger partial charge is 0.466 e. The topological polar surface area (TPSA) is 38.3 Å². The molecule has 0 aromatic carbocycles. The van der Waals surface area contributed by atoms with Crippen LogP contribution in [0.5, 0.6) is 0 Å². The first-order valence-electron chi connectivity index (χ1n) is 6.58. The third-order valence-electron chi connectivity index (χ3n) is 3.79. The molecule has 1 N–H and O–H groups in total.